The van der Waals surface area contributed by atoms with Crippen LogP contribution in [0, 0.1) is 6.92 Å². The standard InChI is InChI=1S/C13H18ClNO2/c1-10-4-6-12(7-5-10)17-9-8-15(3)13(16)11(2)14/h4-7,11H,8-9H2,1-3H3. The highest BCUT2D eigenvalue weighted by Crippen LogP contribution is 2.11. The molecule has 1 aromatic rings. The Labute approximate surface area is 107 Å². The Kier molecular flexibility index (Phi) is 5.29. The van der Waals surface area contributed by atoms with Gasteiger partial charge in [0.05, 0.1) is 6.54 Å². The van der Waals surface area contributed by atoms with Crippen molar-refractivity contribution in [3.8, 4) is 5.75 Å². The van der Waals surface area contributed by atoms with Gasteiger partial charge < -0.3 is 9.64 Å². The van der Waals surface area contributed by atoms with Crippen LogP contribution in [0.4, 0.5) is 0 Å². The summed E-state index contributed by atoms with van der Waals surface area (Å²) in [6.07, 6.45) is 0. The molecule has 3 nitrogen and oxygen atoms in total. The minimum Gasteiger partial charge on any atom is -0.492 e. The molecule has 0 aliphatic heterocycles. The highest BCUT2D eigenvalue weighted by molar-refractivity contribution is 6.30. The Morgan fingerprint density at radius 1 is 1.41 bits per heavy atom. The summed E-state index contributed by atoms with van der Waals surface area (Å²) in [6.45, 7) is 4.69. The molecule has 0 aromatic heterocycles. The molecule has 0 saturated heterocycles. The summed E-state index contributed by atoms with van der Waals surface area (Å²) in [4.78, 5) is 13.0. The van der Waals surface area contributed by atoms with E-state index < -0.39 is 5.38 Å². The summed E-state index contributed by atoms with van der Waals surface area (Å²) >= 11 is 5.70. The summed E-state index contributed by atoms with van der Waals surface area (Å²) in [5.74, 6) is 0.731. The van der Waals surface area contributed by atoms with Crippen LogP contribution < -0.4 is 4.74 Å². The van der Waals surface area contributed by atoms with E-state index in [1.54, 1.807) is 18.9 Å². The molecule has 1 aromatic carbocycles. The Balaban J connectivity index is 2.33. The molecule has 0 aliphatic carbocycles. The van der Waals surface area contributed by atoms with Gasteiger partial charge in [-0.1, -0.05) is 17.7 Å². The van der Waals surface area contributed by atoms with Gasteiger partial charge in [0.2, 0.25) is 5.91 Å². The zero-order valence-electron chi connectivity index (χ0n) is 10.4. The molecule has 1 amide bonds. The number of alkyl halides is 1. The zero-order chi connectivity index (χ0) is 12.8. The summed E-state index contributed by atoms with van der Waals surface area (Å²) in [6, 6.07) is 7.82. The van der Waals surface area contributed by atoms with E-state index in [1.807, 2.05) is 31.2 Å². The van der Waals surface area contributed by atoms with Crippen LogP contribution in [0.25, 0.3) is 0 Å². The average Bonchev–Trinajstić information content (AvgIpc) is 2.30. The first kappa shape index (κ1) is 13.8. The number of halogens is 1. The van der Waals surface area contributed by atoms with Gasteiger partial charge in [-0.25, -0.2) is 0 Å². The molecule has 1 atom stereocenters. The van der Waals surface area contributed by atoms with Crippen LogP contribution in [0.2, 0.25) is 0 Å². The van der Waals surface area contributed by atoms with Crippen molar-refractivity contribution in [3.63, 3.8) is 0 Å². The van der Waals surface area contributed by atoms with E-state index in [0.717, 1.165) is 5.75 Å². The quantitative estimate of drug-likeness (QED) is 0.757. The van der Waals surface area contributed by atoms with E-state index in [0.29, 0.717) is 13.2 Å². The lowest BCUT2D eigenvalue weighted by atomic mass is 10.2. The van der Waals surface area contributed by atoms with E-state index in [-0.39, 0.29) is 5.91 Å². The number of amides is 1. The van der Waals surface area contributed by atoms with Crippen molar-refractivity contribution in [2.45, 2.75) is 19.2 Å². The smallest absolute Gasteiger partial charge is 0.240 e. The van der Waals surface area contributed by atoms with Gasteiger partial charge in [0.1, 0.15) is 17.7 Å². The van der Waals surface area contributed by atoms with Gasteiger partial charge in [0.25, 0.3) is 0 Å². The predicted molar refractivity (Wildman–Crippen MR) is 69.6 cm³/mol. The van der Waals surface area contributed by atoms with Crippen molar-refractivity contribution in [1.82, 2.24) is 4.90 Å². The number of carbonyl (C=O) groups excluding carboxylic acids is 1. The van der Waals surface area contributed by atoms with Gasteiger partial charge in [0, 0.05) is 7.05 Å². The Morgan fingerprint density at radius 2 is 2.00 bits per heavy atom. The van der Waals surface area contributed by atoms with Gasteiger partial charge in [-0.3, -0.25) is 4.79 Å². The number of likely N-dealkylation sites (N-methyl/N-ethyl adjacent to an activating group) is 1. The number of benzene rings is 1. The third kappa shape index (κ3) is 4.65. The number of carbonyl (C=O) groups is 1. The summed E-state index contributed by atoms with van der Waals surface area (Å²) in [5, 5.41) is -0.487. The Hall–Kier alpha value is -1.22. The molecule has 1 unspecified atom stereocenters. The minimum absolute atomic E-state index is 0.0841. The molecule has 1 rings (SSSR count). The topological polar surface area (TPSA) is 29.5 Å². The van der Waals surface area contributed by atoms with Gasteiger partial charge in [0.15, 0.2) is 0 Å². The first-order valence-electron chi connectivity index (χ1n) is 5.59. The second-order valence-corrected chi connectivity index (χ2v) is 4.69. The SMILES string of the molecule is Cc1ccc(OCCN(C)C(=O)C(C)Cl)cc1. The van der Waals surface area contributed by atoms with Crippen molar-refractivity contribution in [3.05, 3.63) is 29.8 Å². The van der Waals surface area contributed by atoms with E-state index in [4.69, 9.17) is 16.3 Å². The van der Waals surface area contributed by atoms with Crippen molar-refractivity contribution in [2.24, 2.45) is 0 Å². The van der Waals surface area contributed by atoms with Crippen molar-refractivity contribution < 1.29 is 9.53 Å². The number of hydrogen-bond donors (Lipinski definition) is 0. The molecule has 0 radical (unpaired) electrons. The fourth-order valence-electron chi connectivity index (χ4n) is 1.35. The Bertz CT molecular complexity index is 362. The maximum Gasteiger partial charge on any atom is 0.240 e. The molecule has 0 N–H and O–H groups in total. The number of ether oxygens (including phenoxy) is 1. The maximum absolute atomic E-state index is 11.5. The molecule has 0 aliphatic rings. The first-order valence-corrected chi connectivity index (χ1v) is 6.03. The van der Waals surface area contributed by atoms with Crippen molar-refractivity contribution >= 4 is 17.5 Å². The molecule has 17 heavy (non-hydrogen) atoms. The molecule has 0 bridgehead atoms. The molecule has 4 heteroatoms. The van der Waals surface area contributed by atoms with Crippen molar-refractivity contribution in [1.29, 1.82) is 0 Å². The van der Waals surface area contributed by atoms with Crippen LogP contribution in [0.3, 0.4) is 0 Å². The number of aryl methyl sites for hydroxylation is 1. The zero-order valence-corrected chi connectivity index (χ0v) is 11.2. The molecule has 0 heterocycles. The third-order valence-electron chi connectivity index (χ3n) is 2.43. The first-order chi connectivity index (χ1) is 8.00. The van der Waals surface area contributed by atoms with Crippen LogP contribution in [0.1, 0.15) is 12.5 Å². The fourth-order valence-corrected chi connectivity index (χ4v) is 1.52. The lowest BCUT2D eigenvalue weighted by molar-refractivity contribution is -0.129. The second kappa shape index (κ2) is 6.50. The largest absolute Gasteiger partial charge is 0.492 e. The maximum atomic E-state index is 11.5. The average molecular weight is 256 g/mol. The second-order valence-electron chi connectivity index (χ2n) is 4.04. The summed E-state index contributed by atoms with van der Waals surface area (Å²) in [7, 11) is 1.72. The van der Waals surface area contributed by atoms with Gasteiger partial charge in [-0.15, -0.1) is 11.6 Å². The van der Waals surface area contributed by atoms with Crippen LogP contribution in [0.15, 0.2) is 24.3 Å². The highest BCUT2D eigenvalue weighted by atomic mass is 35.5. The Morgan fingerprint density at radius 3 is 2.53 bits per heavy atom. The normalized spacial score (nSPS) is 12.0. The molecule has 0 fully saturated rings. The van der Waals surface area contributed by atoms with E-state index in [1.165, 1.54) is 5.56 Å². The van der Waals surface area contributed by atoms with Crippen LogP contribution in [0.5, 0.6) is 5.75 Å². The van der Waals surface area contributed by atoms with Gasteiger partial charge >= 0.3 is 0 Å². The molecular weight excluding hydrogens is 238 g/mol. The lowest BCUT2D eigenvalue weighted by Crippen LogP contribution is -2.35. The number of nitrogens with zero attached hydrogens (tertiary/aromatic N) is 1. The molecule has 0 spiro atoms. The van der Waals surface area contributed by atoms with Gasteiger partial charge in [-0.05, 0) is 26.0 Å². The van der Waals surface area contributed by atoms with E-state index in [9.17, 15) is 4.79 Å². The monoisotopic (exact) mass is 255 g/mol. The van der Waals surface area contributed by atoms with E-state index in [2.05, 4.69) is 0 Å². The molecule has 94 valence electrons. The summed E-state index contributed by atoms with van der Waals surface area (Å²) < 4.78 is 5.52. The van der Waals surface area contributed by atoms with Gasteiger partial charge in [-0.2, -0.15) is 0 Å². The van der Waals surface area contributed by atoms with Crippen LogP contribution in [-0.2, 0) is 4.79 Å². The molecule has 0 saturated carbocycles. The van der Waals surface area contributed by atoms with Crippen LogP contribution >= 0.6 is 11.6 Å². The minimum atomic E-state index is -0.487. The lowest BCUT2D eigenvalue weighted by Gasteiger charge is -2.18. The number of rotatable bonds is 5. The van der Waals surface area contributed by atoms with Crippen molar-refractivity contribution in [2.75, 3.05) is 20.2 Å². The fraction of sp³-hybridized carbons (Fsp3) is 0.462. The van der Waals surface area contributed by atoms with Crippen LogP contribution in [-0.4, -0.2) is 36.4 Å². The highest BCUT2D eigenvalue weighted by Gasteiger charge is 2.14. The number of hydrogen-bond acceptors (Lipinski definition) is 2. The van der Waals surface area contributed by atoms with E-state index >= 15 is 0 Å². The predicted octanol–water partition coefficient (Wildman–Crippen LogP) is 2.46. The third-order valence-corrected chi connectivity index (χ3v) is 2.62. The molecular formula is C13H18ClNO2. The summed E-state index contributed by atoms with van der Waals surface area (Å²) in [5.41, 5.74) is 1.20.